The van der Waals surface area contributed by atoms with Gasteiger partial charge >= 0.3 is 20.2 Å². The molecule has 0 amide bonds. The number of rotatable bonds is 5. The van der Waals surface area contributed by atoms with Gasteiger partial charge < -0.3 is 24.4 Å². The highest BCUT2D eigenvalue weighted by molar-refractivity contribution is 7.92. The average molecular weight is 547 g/mol. The first-order valence-corrected chi connectivity index (χ1v) is 13.5. The van der Waals surface area contributed by atoms with E-state index in [9.17, 15) is 44.6 Å². The van der Waals surface area contributed by atoms with Gasteiger partial charge in [-0.25, -0.2) is 8.42 Å². The number of hydrogen-bond acceptors (Lipinski definition) is 11. The molecule has 13 nitrogen and oxygen atoms in total. The molecule has 1 heterocycles. The Bertz CT molecular complexity index is 1690. The Morgan fingerprint density at radius 2 is 1.26 bits per heavy atom. The predicted octanol–water partition coefficient (Wildman–Crippen LogP) is 2.33. The minimum absolute atomic E-state index is 0.0545. The normalized spacial score (nSPS) is 14.4. The topological polar surface area (TPSA) is 211 Å². The van der Waals surface area contributed by atoms with Gasteiger partial charge in [-0.05, 0) is 12.1 Å². The zero-order valence-electron chi connectivity index (χ0n) is 17.2. The van der Waals surface area contributed by atoms with E-state index in [0.29, 0.717) is 12.1 Å². The van der Waals surface area contributed by atoms with E-state index in [1.54, 1.807) is 6.07 Å². The van der Waals surface area contributed by atoms with Crippen molar-refractivity contribution in [2.45, 2.75) is 19.6 Å². The van der Waals surface area contributed by atoms with E-state index in [1.165, 1.54) is 24.3 Å². The molecule has 0 aromatic heterocycles. The number of para-hydroxylation sites is 1. The van der Waals surface area contributed by atoms with E-state index >= 15 is 0 Å². The van der Waals surface area contributed by atoms with Gasteiger partial charge in [-0.2, -0.15) is 16.8 Å². The van der Waals surface area contributed by atoms with Gasteiger partial charge in [0.1, 0.15) is 15.5 Å². The molecule has 0 unspecified atom stereocenters. The van der Waals surface area contributed by atoms with Crippen LogP contribution in [0.5, 0.6) is 40.2 Å². The van der Waals surface area contributed by atoms with Crippen LogP contribution in [-0.2, 0) is 30.1 Å². The van der Waals surface area contributed by atoms with Crippen LogP contribution in [0.1, 0.15) is 0 Å². The molecule has 16 heteroatoms. The summed E-state index contributed by atoms with van der Waals surface area (Å²) in [6.45, 7) is 0. The Labute approximate surface area is 198 Å². The molecule has 0 spiro atoms. The van der Waals surface area contributed by atoms with Crippen LogP contribution in [0.2, 0.25) is 0 Å². The molecule has 3 aromatic rings. The summed E-state index contributed by atoms with van der Waals surface area (Å²) in [6, 6.07) is 8.84. The SMILES string of the molecule is COc1cc2c(c(S(=O)(=O)O)c1O)Oc1c(cc(Oc3ccccc3)c(O)c1S(=O)(=O)O)S2(=O)=O. The molecule has 0 bridgehead atoms. The first kappa shape index (κ1) is 24.6. The maximum Gasteiger partial charge on any atom is 0.302 e. The number of methoxy groups -OCH3 is 1. The van der Waals surface area contributed by atoms with Crippen molar-refractivity contribution in [2.24, 2.45) is 0 Å². The molecular weight excluding hydrogens is 532 g/mol. The standard InChI is InChI=1S/C19H14O13S3/c1-30-10-7-12-16(18(14(10)20)34(24,25)26)32-17-13(33(12,22)23)8-11(15(21)19(17)35(27,28)29)31-9-5-3-2-4-6-9/h2-8,20-21H,1H3,(H,24,25,26)(H,27,28,29). The number of phenolic OH excluding ortho intramolecular Hbond substituents is 2. The zero-order chi connectivity index (χ0) is 25.9. The zero-order valence-corrected chi connectivity index (χ0v) is 19.7. The molecule has 0 saturated heterocycles. The van der Waals surface area contributed by atoms with Gasteiger partial charge in [-0.3, -0.25) is 9.11 Å². The second-order valence-corrected chi connectivity index (χ2v) is 11.5. The van der Waals surface area contributed by atoms with Crippen LogP contribution >= 0.6 is 0 Å². The first-order chi connectivity index (χ1) is 16.2. The summed E-state index contributed by atoms with van der Waals surface area (Å²) in [4.78, 5) is -4.81. The number of hydrogen-bond donors (Lipinski definition) is 4. The van der Waals surface area contributed by atoms with Gasteiger partial charge in [0, 0.05) is 12.1 Å². The van der Waals surface area contributed by atoms with Gasteiger partial charge in [-0.15, -0.1) is 0 Å². The average Bonchev–Trinajstić information content (AvgIpc) is 2.73. The quantitative estimate of drug-likeness (QED) is 0.265. The van der Waals surface area contributed by atoms with Crippen LogP contribution in [0.4, 0.5) is 0 Å². The Morgan fingerprint density at radius 3 is 1.71 bits per heavy atom. The fraction of sp³-hybridized carbons (Fsp3) is 0.0526. The lowest BCUT2D eigenvalue weighted by atomic mass is 10.2. The number of ether oxygens (including phenoxy) is 3. The van der Waals surface area contributed by atoms with E-state index in [1.807, 2.05) is 0 Å². The van der Waals surface area contributed by atoms with Gasteiger partial charge in [0.2, 0.25) is 9.84 Å². The van der Waals surface area contributed by atoms with E-state index in [4.69, 9.17) is 14.2 Å². The number of fused-ring (bicyclic) bond motifs is 2. The molecule has 1 aliphatic rings. The Hall–Kier alpha value is -3.57. The molecule has 0 aliphatic carbocycles. The molecule has 3 aromatic carbocycles. The summed E-state index contributed by atoms with van der Waals surface area (Å²) in [5, 5.41) is 20.8. The summed E-state index contributed by atoms with van der Waals surface area (Å²) in [6.07, 6.45) is 0. The lowest BCUT2D eigenvalue weighted by Gasteiger charge is -2.25. The molecule has 0 fully saturated rings. The maximum absolute atomic E-state index is 13.4. The number of aromatic hydroxyl groups is 2. The van der Waals surface area contributed by atoms with Crippen LogP contribution in [0.3, 0.4) is 0 Å². The highest BCUT2D eigenvalue weighted by atomic mass is 32.2. The van der Waals surface area contributed by atoms with Crippen molar-refractivity contribution < 1.29 is 58.8 Å². The van der Waals surface area contributed by atoms with Gasteiger partial charge in [0.15, 0.2) is 44.3 Å². The van der Waals surface area contributed by atoms with E-state index < -0.39 is 84.2 Å². The van der Waals surface area contributed by atoms with Crippen molar-refractivity contribution in [3.63, 3.8) is 0 Å². The summed E-state index contributed by atoms with van der Waals surface area (Å²) < 4.78 is 110. The van der Waals surface area contributed by atoms with Crippen LogP contribution in [-0.4, -0.2) is 51.7 Å². The minimum Gasteiger partial charge on any atom is -0.503 e. The third-order valence-corrected chi connectivity index (χ3v) is 8.33. The Kier molecular flexibility index (Phi) is 5.61. The maximum atomic E-state index is 13.4. The minimum atomic E-state index is -5.43. The van der Waals surface area contributed by atoms with Crippen LogP contribution in [0.15, 0.2) is 62.0 Å². The summed E-state index contributed by atoms with van der Waals surface area (Å²) in [5.74, 6) is -6.24. The fourth-order valence-electron chi connectivity index (χ4n) is 3.31. The van der Waals surface area contributed by atoms with E-state index in [2.05, 4.69) is 0 Å². The monoisotopic (exact) mass is 546 g/mol. The second kappa shape index (κ2) is 7.99. The Balaban J connectivity index is 2.11. The fourth-order valence-corrected chi connectivity index (χ4v) is 6.44. The lowest BCUT2D eigenvalue weighted by Crippen LogP contribution is -2.17. The van der Waals surface area contributed by atoms with Crippen molar-refractivity contribution in [3.8, 4) is 40.2 Å². The molecule has 4 N–H and O–H groups in total. The number of sulfone groups is 1. The molecule has 35 heavy (non-hydrogen) atoms. The van der Waals surface area contributed by atoms with Crippen molar-refractivity contribution in [3.05, 3.63) is 42.5 Å². The Morgan fingerprint density at radius 1 is 0.800 bits per heavy atom. The number of phenols is 2. The third-order valence-electron chi connectivity index (χ3n) is 4.77. The molecule has 0 radical (unpaired) electrons. The van der Waals surface area contributed by atoms with Gasteiger partial charge in [-0.1, -0.05) is 18.2 Å². The van der Waals surface area contributed by atoms with Crippen LogP contribution in [0.25, 0.3) is 0 Å². The first-order valence-electron chi connectivity index (χ1n) is 9.12. The van der Waals surface area contributed by atoms with Crippen LogP contribution < -0.4 is 14.2 Å². The van der Waals surface area contributed by atoms with Crippen molar-refractivity contribution in [2.75, 3.05) is 7.11 Å². The molecule has 0 saturated carbocycles. The molecule has 4 rings (SSSR count). The smallest absolute Gasteiger partial charge is 0.302 e. The van der Waals surface area contributed by atoms with Crippen molar-refractivity contribution in [1.82, 2.24) is 0 Å². The second-order valence-electron chi connectivity index (χ2n) is 6.93. The summed E-state index contributed by atoms with van der Waals surface area (Å²) >= 11 is 0. The molecular formula is C19H14O13S3. The van der Waals surface area contributed by atoms with Crippen molar-refractivity contribution in [1.29, 1.82) is 0 Å². The van der Waals surface area contributed by atoms with Gasteiger partial charge in [0.05, 0.1) is 7.11 Å². The highest BCUT2D eigenvalue weighted by Gasteiger charge is 2.43. The molecule has 1 aliphatic heterocycles. The summed E-state index contributed by atoms with van der Waals surface area (Å²) in [5.41, 5.74) is 0. The highest BCUT2D eigenvalue weighted by Crippen LogP contribution is 2.56. The number of benzene rings is 3. The van der Waals surface area contributed by atoms with E-state index in [-0.39, 0.29) is 5.75 Å². The van der Waals surface area contributed by atoms with E-state index in [0.717, 1.165) is 7.11 Å². The van der Waals surface area contributed by atoms with Gasteiger partial charge in [0.25, 0.3) is 0 Å². The van der Waals surface area contributed by atoms with Crippen LogP contribution in [0, 0.1) is 0 Å². The largest absolute Gasteiger partial charge is 0.503 e. The summed E-state index contributed by atoms with van der Waals surface area (Å²) in [7, 11) is -14.8. The third kappa shape index (κ3) is 4.00. The van der Waals surface area contributed by atoms with Crippen molar-refractivity contribution >= 4 is 30.1 Å². The predicted molar refractivity (Wildman–Crippen MR) is 114 cm³/mol. The molecule has 186 valence electrons. The lowest BCUT2D eigenvalue weighted by molar-refractivity contribution is 0.342. The molecule has 0 atom stereocenters.